The Hall–Kier alpha value is -3.22. The Morgan fingerprint density at radius 3 is 2.19 bits per heavy atom. The van der Waals surface area contributed by atoms with E-state index in [0.717, 1.165) is 0 Å². The lowest BCUT2D eigenvalue weighted by atomic mass is 10.2. The van der Waals surface area contributed by atoms with Crippen molar-refractivity contribution in [1.29, 1.82) is 0 Å². The number of nitrogens with two attached hydrogens (primary N) is 1. The van der Waals surface area contributed by atoms with Crippen LogP contribution in [0.3, 0.4) is 0 Å². The molecule has 138 valence electrons. The molecule has 2 aromatic carbocycles. The molecule has 0 bridgehead atoms. The molecule has 26 heavy (non-hydrogen) atoms. The molecule has 0 heterocycles. The Morgan fingerprint density at radius 2 is 1.58 bits per heavy atom. The lowest BCUT2D eigenvalue weighted by molar-refractivity contribution is -0.118. The molecule has 2 amide bonds. The van der Waals surface area contributed by atoms with Crippen molar-refractivity contribution in [2.75, 3.05) is 25.1 Å². The number of carbonyl (C=O) groups is 2. The number of anilines is 1. The highest BCUT2D eigenvalue weighted by atomic mass is 16.5. The standard InChI is InChI=1S/C19H22N2O5/c1-3-24-16-10-7-14(11-17(16)25-4-2)21-18(22)12-26-15-8-5-13(6-9-15)19(20)23/h5-11H,3-4,12H2,1-2H3,(H2,20,23)(H,21,22). The molecule has 0 aliphatic heterocycles. The van der Waals surface area contributed by atoms with Gasteiger partial charge in [0, 0.05) is 17.3 Å². The van der Waals surface area contributed by atoms with Crippen LogP contribution in [0.4, 0.5) is 5.69 Å². The summed E-state index contributed by atoms with van der Waals surface area (Å²) in [7, 11) is 0. The minimum Gasteiger partial charge on any atom is -0.490 e. The number of rotatable bonds is 9. The van der Waals surface area contributed by atoms with Crippen LogP contribution in [0.5, 0.6) is 17.2 Å². The summed E-state index contributed by atoms with van der Waals surface area (Å²) in [5.41, 5.74) is 6.13. The van der Waals surface area contributed by atoms with Gasteiger partial charge in [0.2, 0.25) is 5.91 Å². The molecule has 2 rings (SSSR count). The van der Waals surface area contributed by atoms with Crippen LogP contribution in [-0.2, 0) is 4.79 Å². The number of carbonyl (C=O) groups excluding carboxylic acids is 2. The summed E-state index contributed by atoms with van der Waals surface area (Å²) in [6.07, 6.45) is 0. The fourth-order valence-electron chi connectivity index (χ4n) is 2.19. The molecule has 0 atom stereocenters. The zero-order valence-electron chi connectivity index (χ0n) is 14.8. The van der Waals surface area contributed by atoms with E-state index in [2.05, 4.69) is 5.32 Å². The van der Waals surface area contributed by atoms with E-state index in [0.29, 0.717) is 41.7 Å². The smallest absolute Gasteiger partial charge is 0.262 e. The first kappa shape index (κ1) is 19.1. The molecule has 2 aromatic rings. The number of ether oxygens (including phenoxy) is 3. The average Bonchev–Trinajstić information content (AvgIpc) is 2.63. The van der Waals surface area contributed by atoms with Gasteiger partial charge in [-0.15, -0.1) is 0 Å². The average molecular weight is 358 g/mol. The first-order chi connectivity index (χ1) is 12.5. The topological polar surface area (TPSA) is 99.9 Å². The van der Waals surface area contributed by atoms with Crippen molar-refractivity contribution in [2.45, 2.75) is 13.8 Å². The maximum Gasteiger partial charge on any atom is 0.262 e. The van der Waals surface area contributed by atoms with Gasteiger partial charge in [0.15, 0.2) is 18.1 Å². The summed E-state index contributed by atoms with van der Waals surface area (Å²) in [6.45, 7) is 4.60. The van der Waals surface area contributed by atoms with Crippen LogP contribution >= 0.6 is 0 Å². The fourth-order valence-corrected chi connectivity index (χ4v) is 2.19. The van der Waals surface area contributed by atoms with Crippen molar-refractivity contribution >= 4 is 17.5 Å². The number of benzene rings is 2. The second kappa shape index (κ2) is 9.31. The highest BCUT2D eigenvalue weighted by molar-refractivity contribution is 5.93. The van der Waals surface area contributed by atoms with E-state index < -0.39 is 5.91 Å². The second-order valence-electron chi connectivity index (χ2n) is 5.25. The van der Waals surface area contributed by atoms with Gasteiger partial charge in [-0.2, -0.15) is 0 Å². The molecule has 0 aliphatic rings. The maximum absolute atomic E-state index is 12.1. The zero-order valence-corrected chi connectivity index (χ0v) is 14.8. The molecule has 7 heteroatoms. The number of hydrogen-bond acceptors (Lipinski definition) is 5. The third kappa shape index (κ3) is 5.41. The second-order valence-corrected chi connectivity index (χ2v) is 5.25. The molecule has 0 aromatic heterocycles. The van der Waals surface area contributed by atoms with Crippen LogP contribution in [0.1, 0.15) is 24.2 Å². The maximum atomic E-state index is 12.1. The summed E-state index contributed by atoms with van der Waals surface area (Å²) in [5, 5.41) is 2.74. The van der Waals surface area contributed by atoms with Gasteiger partial charge in [-0.05, 0) is 50.2 Å². The lowest BCUT2D eigenvalue weighted by Crippen LogP contribution is -2.20. The van der Waals surface area contributed by atoms with E-state index in [1.165, 1.54) is 12.1 Å². The molecule has 0 saturated heterocycles. The normalized spacial score (nSPS) is 10.1. The highest BCUT2D eigenvalue weighted by Gasteiger charge is 2.09. The van der Waals surface area contributed by atoms with Gasteiger partial charge in [0.05, 0.1) is 13.2 Å². The van der Waals surface area contributed by atoms with Gasteiger partial charge >= 0.3 is 0 Å². The predicted octanol–water partition coefficient (Wildman–Crippen LogP) is 2.60. The molecule has 0 saturated carbocycles. The van der Waals surface area contributed by atoms with Crippen molar-refractivity contribution in [2.24, 2.45) is 5.73 Å². The van der Waals surface area contributed by atoms with E-state index >= 15 is 0 Å². The Kier molecular flexibility index (Phi) is 6.84. The lowest BCUT2D eigenvalue weighted by Gasteiger charge is -2.13. The molecule has 0 spiro atoms. The predicted molar refractivity (Wildman–Crippen MR) is 97.9 cm³/mol. The van der Waals surface area contributed by atoms with Crippen LogP contribution in [0, 0.1) is 0 Å². The molecular weight excluding hydrogens is 336 g/mol. The van der Waals surface area contributed by atoms with Crippen molar-refractivity contribution in [3.63, 3.8) is 0 Å². The Bertz CT molecular complexity index is 759. The van der Waals surface area contributed by atoms with Crippen LogP contribution < -0.4 is 25.3 Å². The molecule has 0 fully saturated rings. The van der Waals surface area contributed by atoms with Gasteiger partial charge in [-0.25, -0.2) is 0 Å². The van der Waals surface area contributed by atoms with Gasteiger partial charge < -0.3 is 25.3 Å². The number of primary amides is 1. The van der Waals surface area contributed by atoms with E-state index in [4.69, 9.17) is 19.9 Å². The van der Waals surface area contributed by atoms with Crippen LogP contribution in [0.15, 0.2) is 42.5 Å². The summed E-state index contributed by atoms with van der Waals surface area (Å²) in [6, 6.07) is 11.4. The first-order valence-electron chi connectivity index (χ1n) is 8.25. The molecule has 3 N–H and O–H groups in total. The summed E-state index contributed by atoms with van der Waals surface area (Å²) in [4.78, 5) is 23.1. The van der Waals surface area contributed by atoms with Crippen LogP contribution in [0.2, 0.25) is 0 Å². The Labute approximate surface area is 152 Å². The van der Waals surface area contributed by atoms with Gasteiger partial charge in [-0.3, -0.25) is 9.59 Å². The minimum atomic E-state index is -0.519. The molecule has 0 aliphatic carbocycles. The zero-order chi connectivity index (χ0) is 18.9. The van der Waals surface area contributed by atoms with E-state index in [1.807, 2.05) is 13.8 Å². The van der Waals surface area contributed by atoms with Gasteiger partial charge in [0.1, 0.15) is 5.75 Å². The number of hydrogen-bond donors (Lipinski definition) is 2. The van der Waals surface area contributed by atoms with Crippen molar-refractivity contribution in [3.8, 4) is 17.2 Å². The molecule has 7 nitrogen and oxygen atoms in total. The molecule has 0 unspecified atom stereocenters. The fraction of sp³-hybridized carbons (Fsp3) is 0.263. The largest absolute Gasteiger partial charge is 0.490 e. The van der Waals surface area contributed by atoms with Crippen LogP contribution in [0.25, 0.3) is 0 Å². The van der Waals surface area contributed by atoms with Crippen molar-refractivity contribution < 1.29 is 23.8 Å². The highest BCUT2D eigenvalue weighted by Crippen LogP contribution is 2.30. The van der Waals surface area contributed by atoms with E-state index in [1.54, 1.807) is 30.3 Å². The van der Waals surface area contributed by atoms with Crippen molar-refractivity contribution in [1.82, 2.24) is 0 Å². The van der Waals surface area contributed by atoms with E-state index in [-0.39, 0.29) is 12.5 Å². The Balaban J connectivity index is 1.94. The molecule has 0 radical (unpaired) electrons. The first-order valence-corrected chi connectivity index (χ1v) is 8.25. The summed E-state index contributed by atoms with van der Waals surface area (Å²) >= 11 is 0. The quantitative estimate of drug-likeness (QED) is 0.718. The van der Waals surface area contributed by atoms with Gasteiger partial charge in [-0.1, -0.05) is 0 Å². The Morgan fingerprint density at radius 1 is 0.923 bits per heavy atom. The summed E-state index contributed by atoms with van der Waals surface area (Å²) < 4.78 is 16.4. The number of amides is 2. The van der Waals surface area contributed by atoms with Gasteiger partial charge in [0.25, 0.3) is 5.91 Å². The van der Waals surface area contributed by atoms with Crippen molar-refractivity contribution in [3.05, 3.63) is 48.0 Å². The monoisotopic (exact) mass is 358 g/mol. The third-order valence-corrected chi connectivity index (χ3v) is 3.34. The third-order valence-electron chi connectivity index (χ3n) is 3.34. The number of nitrogens with one attached hydrogen (secondary N) is 1. The summed E-state index contributed by atoms with van der Waals surface area (Å²) in [5.74, 6) is 0.811. The molecular formula is C19H22N2O5. The van der Waals surface area contributed by atoms with E-state index in [9.17, 15) is 9.59 Å². The SMILES string of the molecule is CCOc1ccc(NC(=O)COc2ccc(C(N)=O)cc2)cc1OCC. The minimum absolute atomic E-state index is 0.174. The van der Waals surface area contributed by atoms with Crippen LogP contribution in [-0.4, -0.2) is 31.6 Å².